The number of nitrogens with one attached hydrogen (secondary N) is 1. The fourth-order valence-corrected chi connectivity index (χ4v) is 3.02. The lowest BCUT2D eigenvalue weighted by Gasteiger charge is -2.15. The van der Waals surface area contributed by atoms with Crippen molar-refractivity contribution in [1.82, 2.24) is 14.7 Å². The van der Waals surface area contributed by atoms with Crippen LogP contribution in [-0.2, 0) is 23.8 Å². The first-order chi connectivity index (χ1) is 13.7. The molecule has 3 rings (SSSR count). The fourth-order valence-electron chi connectivity index (χ4n) is 3.02. The van der Waals surface area contributed by atoms with E-state index in [0.717, 1.165) is 16.7 Å². The predicted molar refractivity (Wildman–Crippen MR) is 98.6 cm³/mol. The third kappa shape index (κ3) is 4.39. The normalized spacial score (nSPS) is 12.7. The maximum absolute atomic E-state index is 13.1. The standard InChI is InChI=1S/C20H18F3N3O3/c1-2-14-17(26-11-13(20(21,22)23)8-9-16(26)24-14)18(27)25-15(19(28)29)10-12-6-4-3-5-7-12/h3-9,11,15H,2,10H2,1H3,(H,25,27)(H,28,29). The number of aliphatic carboxylic acids is 1. The molecule has 152 valence electrons. The number of carboxylic acids is 1. The Morgan fingerprint density at radius 3 is 2.45 bits per heavy atom. The van der Waals surface area contributed by atoms with Crippen LogP contribution < -0.4 is 5.32 Å². The van der Waals surface area contributed by atoms with E-state index in [2.05, 4.69) is 10.3 Å². The van der Waals surface area contributed by atoms with Gasteiger partial charge < -0.3 is 10.4 Å². The molecule has 3 aromatic rings. The molecule has 1 aromatic carbocycles. The molecule has 0 radical (unpaired) electrons. The van der Waals surface area contributed by atoms with Crippen molar-refractivity contribution in [3.05, 3.63) is 71.2 Å². The Labute approximate surface area is 164 Å². The molecule has 6 nitrogen and oxygen atoms in total. The number of imidazole rings is 1. The molecular weight excluding hydrogens is 387 g/mol. The van der Waals surface area contributed by atoms with E-state index < -0.39 is 29.7 Å². The second-order valence-corrected chi connectivity index (χ2v) is 6.46. The largest absolute Gasteiger partial charge is 0.480 e. The average Bonchev–Trinajstić information content (AvgIpc) is 3.05. The quantitative estimate of drug-likeness (QED) is 0.659. The number of amides is 1. The van der Waals surface area contributed by atoms with Crippen LogP contribution in [0.25, 0.3) is 5.65 Å². The zero-order valence-electron chi connectivity index (χ0n) is 15.4. The Morgan fingerprint density at radius 2 is 1.86 bits per heavy atom. The monoisotopic (exact) mass is 405 g/mol. The number of aryl methyl sites for hydroxylation is 1. The van der Waals surface area contributed by atoms with Gasteiger partial charge in [0.05, 0.1) is 11.3 Å². The number of aromatic nitrogens is 2. The number of carbonyl (C=O) groups excluding carboxylic acids is 1. The van der Waals surface area contributed by atoms with Crippen LogP contribution in [0.3, 0.4) is 0 Å². The number of halogens is 3. The van der Waals surface area contributed by atoms with Crippen molar-refractivity contribution in [2.75, 3.05) is 0 Å². The SMILES string of the molecule is CCc1nc2ccc(C(F)(F)F)cn2c1C(=O)NC(Cc1ccccc1)C(=O)O. The van der Waals surface area contributed by atoms with Crippen molar-refractivity contribution >= 4 is 17.5 Å². The van der Waals surface area contributed by atoms with Gasteiger partial charge in [0.1, 0.15) is 17.4 Å². The first-order valence-electron chi connectivity index (χ1n) is 8.86. The minimum absolute atomic E-state index is 0.0356. The van der Waals surface area contributed by atoms with Crippen LogP contribution in [0.4, 0.5) is 13.2 Å². The molecule has 2 aromatic heterocycles. The van der Waals surface area contributed by atoms with Crippen molar-refractivity contribution in [1.29, 1.82) is 0 Å². The predicted octanol–water partition coefficient (Wildman–Crippen LogP) is 3.34. The van der Waals surface area contributed by atoms with Gasteiger partial charge in [0.25, 0.3) is 5.91 Å². The zero-order chi connectivity index (χ0) is 21.2. The van der Waals surface area contributed by atoms with Gasteiger partial charge in [-0.3, -0.25) is 9.20 Å². The summed E-state index contributed by atoms with van der Waals surface area (Å²) in [6.07, 6.45) is -3.46. The van der Waals surface area contributed by atoms with Crippen molar-refractivity contribution in [2.45, 2.75) is 32.0 Å². The fraction of sp³-hybridized carbons (Fsp3) is 0.250. The van der Waals surface area contributed by atoms with E-state index in [-0.39, 0.29) is 23.5 Å². The number of fused-ring (bicyclic) bond motifs is 1. The minimum atomic E-state index is -4.59. The first kappa shape index (κ1) is 20.4. The number of benzene rings is 1. The summed E-state index contributed by atoms with van der Waals surface area (Å²) in [5.74, 6) is -2.04. The van der Waals surface area contributed by atoms with Crippen LogP contribution in [0.1, 0.15) is 34.2 Å². The van der Waals surface area contributed by atoms with Gasteiger partial charge in [-0.1, -0.05) is 37.3 Å². The molecule has 9 heteroatoms. The molecule has 0 saturated carbocycles. The molecule has 0 spiro atoms. The molecule has 1 atom stereocenters. The Morgan fingerprint density at radius 1 is 1.17 bits per heavy atom. The molecule has 0 aliphatic heterocycles. The van der Waals surface area contributed by atoms with E-state index in [9.17, 15) is 27.9 Å². The van der Waals surface area contributed by atoms with Crippen molar-refractivity contribution in [2.24, 2.45) is 0 Å². The highest BCUT2D eigenvalue weighted by molar-refractivity contribution is 5.97. The van der Waals surface area contributed by atoms with Gasteiger partial charge >= 0.3 is 12.1 Å². The smallest absolute Gasteiger partial charge is 0.417 e. The number of hydrogen-bond donors (Lipinski definition) is 2. The molecule has 1 unspecified atom stereocenters. The second kappa shape index (κ2) is 7.94. The number of nitrogens with zero attached hydrogens (tertiary/aromatic N) is 2. The number of hydrogen-bond acceptors (Lipinski definition) is 3. The van der Waals surface area contributed by atoms with Crippen molar-refractivity contribution in [3.63, 3.8) is 0 Å². The van der Waals surface area contributed by atoms with Gasteiger partial charge in [0, 0.05) is 12.6 Å². The van der Waals surface area contributed by atoms with Gasteiger partial charge in [0.2, 0.25) is 0 Å². The van der Waals surface area contributed by atoms with Crippen LogP contribution in [0.5, 0.6) is 0 Å². The van der Waals surface area contributed by atoms with Gasteiger partial charge in [-0.2, -0.15) is 13.2 Å². The van der Waals surface area contributed by atoms with E-state index in [1.54, 1.807) is 37.3 Å². The van der Waals surface area contributed by atoms with Gasteiger partial charge in [-0.15, -0.1) is 0 Å². The number of alkyl halides is 3. The van der Waals surface area contributed by atoms with E-state index in [4.69, 9.17) is 0 Å². The average molecular weight is 405 g/mol. The summed E-state index contributed by atoms with van der Waals surface area (Å²) in [4.78, 5) is 28.7. The van der Waals surface area contributed by atoms with Crippen LogP contribution in [0, 0.1) is 0 Å². The van der Waals surface area contributed by atoms with Gasteiger partial charge in [-0.25, -0.2) is 9.78 Å². The molecule has 0 aliphatic rings. The lowest BCUT2D eigenvalue weighted by molar-refractivity contribution is -0.139. The first-order valence-corrected chi connectivity index (χ1v) is 8.86. The summed E-state index contributed by atoms with van der Waals surface area (Å²) in [6, 6.07) is 9.54. The Balaban J connectivity index is 1.97. The van der Waals surface area contributed by atoms with Crippen LogP contribution in [0.15, 0.2) is 48.7 Å². The number of carboxylic acid groups (broad SMARTS) is 1. The third-order valence-corrected chi connectivity index (χ3v) is 4.45. The highest BCUT2D eigenvalue weighted by Crippen LogP contribution is 2.30. The molecule has 0 fully saturated rings. The highest BCUT2D eigenvalue weighted by Gasteiger charge is 2.32. The molecule has 0 bridgehead atoms. The Bertz CT molecular complexity index is 1050. The lowest BCUT2D eigenvalue weighted by Crippen LogP contribution is -2.43. The summed E-state index contributed by atoms with van der Waals surface area (Å²) >= 11 is 0. The summed E-state index contributed by atoms with van der Waals surface area (Å²) < 4.78 is 40.3. The van der Waals surface area contributed by atoms with E-state index in [0.29, 0.717) is 12.0 Å². The summed E-state index contributed by atoms with van der Waals surface area (Å²) in [7, 11) is 0. The van der Waals surface area contributed by atoms with E-state index in [1.165, 1.54) is 6.07 Å². The van der Waals surface area contributed by atoms with Gasteiger partial charge in [-0.05, 0) is 24.1 Å². The number of rotatable bonds is 6. The number of pyridine rings is 1. The Kier molecular flexibility index (Phi) is 5.58. The summed E-state index contributed by atoms with van der Waals surface area (Å²) in [6.45, 7) is 1.71. The molecule has 0 aliphatic carbocycles. The highest BCUT2D eigenvalue weighted by atomic mass is 19.4. The lowest BCUT2D eigenvalue weighted by atomic mass is 10.1. The maximum atomic E-state index is 13.1. The summed E-state index contributed by atoms with van der Waals surface area (Å²) in [5, 5.41) is 11.9. The second-order valence-electron chi connectivity index (χ2n) is 6.46. The summed E-state index contributed by atoms with van der Waals surface area (Å²) in [5.41, 5.74) is 0.125. The Hall–Kier alpha value is -3.36. The molecule has 2 heterocycles. The molecular formula is C20H18F3N3O3. The van der Waals surface area contributed by atoms with Crippen molar-refractivity contribution in [3.8, 4) is 0 Å². The van der Waals surface area contributed by atoms with Gasteiger partial charge in [0.15, 0.2) is 0 Å². The zero-order valence-corrected chi connectivity index (χ0v) is 15.4. The van der Waals surface area contributed by atoms with Crippen LogP contribution in [0.2, 0.25) is 0 Å². The van der Waals surface area contributed by atoms with Crippen LogP contribution >= 0.6 is 0 Å². The number of carbonyl (C=O) groups is 2. The minimum Gasteiger partial charge on any atom is -0.480 e. The van der Waals surface area contributed by atoms with Crippen molar-refractivity contribution < 1.29 is 27.9 Å². The molecule has 0 saturated heterocycles. The maximum Gasteiger partial charge on any atom is 0.417 e. The molecule has 2 N–H and O–H groups in total. The molecule has 29 heavy (non-hydrogen) atoms. The van der Waals surface area contributed by atoms with Crippen LogP contribution in [-0.4, -0.2) is 32.4 Å². The topological polar surface area (TPSA) is 83.7 Å². The van der Waals surface area contributed by atoms with E-state index in [1.807, 2.05) is 0 Å². The third-order valence-electron chi connectivity index (χ3n) is 4.45. The molecule has 1 amide bonds. The van der Waals surface area contributed by atoms with E-state index >= 15 is 0 Å².